The molecule has 2 atom stereocenters. The summed E-state index contributed by atoms with van der Waals surface area (Å²) in [5.74, 6) is 1.38. The maximum atomic E-state index is 11.1. The Bertz CT molecular complexity index is 1200. The zero-order chi connectivity index (χ0) is 24.4. The number of carboxylic acid groups (broad SMARTS) is 1. The second kappa shape index (κ2) is 10.0. The topological polar surface area (TPSA) is 74.2 Å². The van der Waals surface area contributed by atoms with Crippen molar-refractivity contribution >= 4 is 5.97 Å². The molecule has 3 aromatic rings. The van der Waals surface area contributed by atoms with Crippen LogP contribution in [0.5, 0.6) is 17.2 Å². The summed E-state index contributed by atoms with van der Waals surface area (Å²) < 4.78 is 23.3. The molecule has 0 amide bonds. The summed E-state index contributed by atoms with van der Waals surface area (Å²) in [6, 6.07) is 18.2. The normalized spacial score (nSPS) is 18.7. The van der Waals surface area contributed by atoms with Gasteiger partial charge >= 0.3 is 5.97 Å². The van der Waals surface area contributed by atoms with E-state index in [9.17, 15) is 4.79 Å². The van der Waals surface area contributed by atoms with E-state index in [1.54, 1.807) is 0 Å². The van der Waals surface area contributed by atoms with E-state index >= 15 is 0 Å². The Labute approximate surface area is 205 Å². The summed E-state index contributed by atoms with van der Waals surface area (Å²) in [4.78, 5) is 11.1. The van der Waals surface area contributed by atoms with Crippen LogP contribution in [0.1, 0.15) is 41.0 Å². The van der Waals surface area contributed by atoms with Crippen LogP contribution < -0.4 is 14.2 Å². The number of hydrogen-bond donors (Lipinski definition) is 1. The Morgan fingerprint density at radius 2 is 1.86 bits per heavy atom. The molecule has 35 heavy (non-hydrogen) atoms. The minimum absolute atomic E-state index is 0.0704. The van der Waals surface area contributed by atoms with Crippen molar-refractivity contribution in [2.24, 2.45) is 0 Å². The number of benzene rings is 3. The van der Waals surface area contributed by atoms with Gasteiger partial charge < -0.3 is 24.1 Å². The number of ether oxygens (including phenoxy) is 4. The third-order valence-corrected chi connectivity index (χ3v) is 6.60. The van der Waals surface area contributed by atoms with Crippen molar-refractivity contribution in [3.63, 3.8) is 0 Å². The highest BCUT2D eigenvalue weighted by Crippen LogP contribution is 2.38. The van der Waals surface area contributed by atoms with Crippen LogP contribution in [0.3, 0.4) is 0 Å². The van der Waals surface area contributed by atoms with Gasteiger partial charge in [0, 0.05) is 24.0 Å². The van der Waals surface area contributed by atoms with Crippen molar-refractivity contribution in [1.82, 2.24) is 0 Å². The van der Waals surface area contributed by atoms with Gasteiger partial charge in [0.15, 0.2) is 0 Å². The van der Waals surface area contributed by atoms with E-state index in [0.29, 0.717) is 31.3 Å². The van der Waals surface area contributed by atoms with Gasteiger partial charge in [-0.1, -0.05) is 24.3 Å². The van der Waals surface area contributed by atoms with Gasteiger partial charge in [-0.2, -0.15) is 0 Å². The average Bonchev–Trinajstić information content (AvgIpc) is 3.47. The average molecular weight is 475 g/mol. The van der Waals surface area contributed by atoms with Crippen LogP contribution in [0, 0.1) is 13.8 Å². The fourth-order valence-corrected chi connectivity index (χ4v) is 4.96. The monoisotopic (exact) mass is 474 g/mol. The fourth-order valence-electron chi connectivity index (χ4n) is 4.96. The molecule has 0 aliphatic carbocycles. The maximum absolute atomic E-state index is 11.1. The van der Waals surface area contributed by atoms with Crippen LogP contribution in [0.4, 0.5) is 0 Å². The molecule has 0 spiro atoms. The predicted octanol–water partition coefficient (Wildman–Crippen LogP) is 5.67. The number of fused-ring (bicyclic) bond motifs is 1. The molecule has 1 fully saturated rings. The van der Waals surface area contributed by atoms with Crippen molar-refractivity contribution < 1.29 is 28.8 Å². The quantitative estimate of drug-likeness (QED) is 0.454. The number of rotatable bonds is 8. The van der Waals surface area contributed by atoms with Gasteiger partial charge in [0.25, 0.3) is 0 Å². The minimum Gasteiger partial charge on any atom is -0.492 e. The first-order valence-corrected chi connectivity index (χ1v) is 12.0. The van der Waals surface area contributed by atoms with Gasteiger partial charge in [-0.05, 0) is 65.9 Å². The Balaban J connectivity index is 1.28. The van der Waals surface area contributed by atoms with Crippen LogP contribution in [0.15, 0.2) is 54.6 Å². The van der Waals surface area contributed by atoms with Gasteiger partial charge in [0.05, 0.1) is 26.2 Å². The third-order valence-electron chi connectivity index (χ3n) is 6.60. The van der Waals surface area contributed by atoms with Crippen molar-refractivity contribution in [2.75, 3.05) is 19.8 Å². The molecule has 2 heterocycles. The lowest BCUT2D eigenvalue weighted by Gasteiger charge is -2.17. The first kappa shape index (κ1) is 23.2. The van der Waals surface area contributed by atoms with Crippen LogP contribution in [-0.2, 0) is 16.1 Å². The molecule has 1 saturated heterocycles. The van der Waals surface area contributed by atoms with E-state index in [0.717, 1.165) is 35.5 Å². The smallest absolute Gasteiger partial charge is 0.304 e. The molecule has 3 aromatic carbocycles. The van der Waals surface area contributed by atoms with Crippen molar-refractivity contribution in [1.29, 1.82) is 0 Å². The van der Waals surface area contributed by atoms with E-state index in [2.05, 4.69) is 50.2 Å². The van der Waals surface area contributed by atoms with Crippen LogP contribution in [0.2, 0.25) is 0 Å². The van der Waals surface area contributed by atoms with Crippen molar-refractivity contribution in [3.8, 4) is 28.4 Å². The lowest BCUT2D eigenvalue weighted by atomic mass is 9.94. The summed E-state index contributed by atoms with van der Waals surface area (Å²) >= 11 is 0. The van der Waals surface area contributed by atoms with E-state index < -0.39 is 5.97 Å². The second-order valence-corrected chi connectivity index (χ2v) is 9.33. The van der Waals surface area contributed by atoms with Crippen LogP contribution in [-0.4, -0.2) is 37.0 Å². The molecule has 6 heteroatoms. The Hall–Kier alpha value is -3.51. The molecule has 1 N–H and O–H groups in total. The second-order valence-electron chi connectivity index (χ2n) is 9.33. The van der Waals surface area contributed by atoms with Gasteiger partial charge in [0.2, 0.25) is 0 Å². The van der Waals surface area contributed by atoms with Crippen LogP contribution in [0.25, 0.3) is 11.1 Å². The Kier molecular flexibility index (Phi) is 6.64. The van der Waals surface area contributed by atoms with Crippen molar-refractivity contribution in [2.45, 2.75) is 45.3 Å². The highest BCUT2D eigenvalue weighted by molar-refractivity contribution is 5.72. The van der Waals surface area contributed by atoms with Crippen LogP contribution >= 0.6 is 0 Å². The lowest BCUT2D eigenvalue weighted by Crippen LogP contribution is -2.15. The SMILES string of the molecule is Cc1cc(O[C@H]2CCOC2)cc(C)c1-c1cccc(COc2ccc3c(c2)OC[C@@H]3CC(=O)O)c1. The number of aliphatic carboxylic acids is 1. The van der Waals surface area contributed by atoms with Gasteiger partial charge in [-0.3, -0.25) is 4.79 Å². The number of hydrogen-bond acceptors (Lipinski definition) is 5. The predicted molar refractivity (Wildman–Crippen MR) is 132 cm³/mol. The van der Waals surface area contributed by atoms with E-state index in [1.165, 1.54) is 16.7 Å². The maximum Gasteiger partial charge on any atom is 0.304 e. The summed E-state index contributed by atoms with van der Waals surface area (Å²) in [6.07, 6.45) is 1.13. The highest BCUT2D eigenvalue weighted by Gasteiger charge is 2.26. The molecular formula is C29H30O6. The number of carbonyl (C=O) groups is 1. The molecule has 0 bridgehead atoms. The zero-order valence-corrected chi connectivity index (χ0v) is 20.1. The van der Waals surface area contributed by atoms with E-state index in [1.807, 2.05) is 18.2 Å². The number of aryl methyl sites for hydroxylation is 2. The molecule has 0 radical (unpaired) electrons. The lowest BCUT2D eigenvalue weighted by molar-refractivity contribution is -0.137. The molecule has 0 saturated carbocycles. The van der Waals surface area contributed by atoms with E-state index in [-0.39, 0.29) is 18.4 Å². The molecule has 0 unspecified atom stereocenters. The zero-order valence-electron chi connectivity index (χ0n) is 20.1. The van der Waals surface area contributed by atoms with E-state index in [4.69, 9.17) is 24.1 Å². The summed E-state index contributed by atoms with van der Waals surface area (Å²) in [5, 5.41) is 9.08. The Morgan fingerprint density at radius 1 is 1.03 bits per heavy atom. The third kappa shape index (κ3) is 5.28. The molecular weight excluding hydrogens is 444 g/mol. The van der Waals surface area contributed by atoms with Crippen molar-refractivity contribution in [3.05, 3.63) is 76.9 Å². The highest BCUT2D eigenvalue weighted by atomic mass is 16.5. The first-order valence-electron chi connectivity index (χ1n) is 12.0. The number of carboxylic acids is 1. The molecule has 0 aromatic heterocycles. The largest absolute Gasteiger partial charge is 0.492 e. The summed E-state index contributed by atoms with van der Waals surface area (Å²) in [7, 11) is 0. The molecule has 6 nitrogen and oxygen atoms in total. The molecule has 2 aliphatic rings. The molecule has 182 valence electrons. The van der Waals surface area contributed by atoms with Gasteiger partial charge in [-0.15, -0.1) is 0 Å². The summed E-state index contributed by atoms with van der Waals surface area (Å²) in [5.41, 5.74) is 6.69. The molecule has 2 aliphatic heterocycles. The molecule has 5 rings (SSSR count). The summed E-state index contributed by atoms with van der Waals surface area (Å²) in [6.45, 7) is 6.47. The minimum atomic E-state index is -0.817. The van der Waals surface area contributed by atoms with Gasteiger partial charge in [0.1, 0.15) is 30.0 Å². The van der Waals surface area contributed by atoms with Gasteiger partial charge in [-0.25, -0.2) is 0 Å². The Morgan fingerprint density at radius 3 is 2.60 bits per heavy atom. The fraction of sp³-hybridized carbons (Fsp3) is 0.345. The standard InChI is InChI=1S/C29H30O6/c1-18-10-25(35-24-8-9-32-17-24)11-19(2)29(18)21-5-3-4-20(12-21)15-33-23-6-7-26-22(13-28(30)31)16-34-27(26)14-23/h3-7,10-12,14,22,24H,8-9,13,15-17H2,1-2H3,(H,30,31)/t22-,24-/m0/s1. The first-order chi connectivity index (χ1) is 17.0.